The summed E-state index contributed by atoms with van der Waals surface area (Å²) in [5, 5.41) is 3.06. The summed E-state index contributed by atoms with van der Waals surface area (Å²) in [7, 11) is 3.51. The topological polar surface area (TPSA) is 50.8 Å². The summed E-state index contributed by atoms with van der Waals surface area (Å²) < 4.78 is 10.3. The van der Waals surface area contributed by atoms with Crippen molar-refractivity contribution in [1.29, 1.82) is 0 Å². The molecular formula is C12H24N2O3. The number of methoxy groups -OCH3 is 1. The molecule has 0 aromatic carbocycles. The van der Waals surface area contributed by atoms with E-state index in [1.165, 1.54) is 0 Å². The summed E-state index contributed by atoms with van der Waals surface area (Å²) in [4.78, 5) is 13.9. The molecule has 1 saturated heterocycles. The summed E-state index contributed by atoms with van der Waals surface area (Å²) in [6.45, 7) is 3.63. The molecule has 1 aliphatic heterocycles. The average Bonchev–Trinajstić information content (AvgIpc) is 2.35. The van der Waals surface area contributed by atoms with Gasteiger partial charge in [0.15, 0.2) is 0 Å². The van der Waals surface area contributed by atoms with E-state index < -0.39 is 0 Å². The number of nitrogens with zero attached hydrogens (tertiary/aromatic N) is 1. The van der Waals surface area contributed by atoms with Crippen molar-refractivity contribution in [2.75, 3.05) is 47.1 Å². The summed E-state index contributed by atoms with van der Waals surface area (Å²) in [5.41, 5.74) is 0. The molecule has 0 aromatic rings. The number of carbonyl (C=O) groups excluding carboxylic acids is 1. The number of hydrogen-bond acceptors (Lipinski definition) is 4. The number of hydrogen-bond donors (Lipinski definition) is 1. The Kier molecular flexibility index (Phi) is 7.16. The SMILES string of the molecule is CNC1CCCN(CCCOCCOC)C1=O. The molecule has 0 aromatic heterocycles. The fourth-order valence-electron chi connectivity index (χ4n) is 2.03. The molecule has 5 nitrogen and oxygen atoms in total. The Balaban J connectivity index is 2.11. The monoisotopic (exact) mass is 244 g/mol. The summed E-state index contributed by atoms with van der Waals surface area (Å²) in [6, 6.07) is 0.0122. The molecule has 1 unspecified atom stereocenters. The van der Waals surface area contributed by atoms with E-state index in [-0.39, 0.29) is 11.9 Å². The van der Waals surface area contributed by atoms with E-state index >= 15 is 0 Å². The van der Waals surface area contributed by atoms with Crippen molar-refractivity contribution in [3.05, 3.63) is 0 Å². The van der Waals surface area contributed by atoms with Crippen LogP contribution in [0, 0.1) is 0 Å². The third kappa shape index (κ3) is 5.02. The Bertz CT molecular complexity index is 224. The summed E-state index contributed by atoms with van der Waals surface area (Å²) >= 11 is 0. The molecule has 1 rings (SSSR count). The first-order valence-electron chi connectivity index (χ1n) is 6.32. The van der Waals surface area contributed by atoms with Gasteiger partial charge in [-0.1, -0.05) is 0 Å². The zero-order chi connectivity index (χ0) is 12.5. The third-order valence-corrected chi connectivity index (χ3v) is 3.03. The first-order valence-corrected chi connectivity index (χ1v) is 6.32. The van der Waals surface area contributed by atoms with Crippen LogP contribution in [0.25, 0.3) is 0 Å². The van der Waals surface area contributed by atoms with Gasteiger partial charge < -0.3 is 19.7 Å². The Morgan fingerprint density at radius 3 is 2.94 bits per heavy atom. The molecule has 100 valence electrons. The second-order valence-corrected chi connectivity index (χ2v) is 4.27. The normalized spacial score (nSPS) is 20.9. The van der Waals surface area contributed by atoms with Gasteiger partial charge in [-0.25, -0.2) is 0 Å². The van der Waals surface area contributed by atoms with Crippen LogP contribution in [0.5, 0.6) is 0 Å². The number of likely N-dealkylation sites (N-methyl/N-ethyl adjacent to an activating group) is 1. The van der Waals surface area contributed by atoms with Crippen molar-refractivity contribution in [2.24, 2.45) is 0 Å². The fourth-order valence-corrected chi connectivity index (χ4v) is 2.03. The van der Waals surface area contributed by atoms with Gasteiger partial charge in [-0.2, -0.15) is 0 Å². The van der Waals surface area contributed by atoms with Crippen molar-refractivity contribution in [3.8, 4) is 0 Å². The van der Waals surface area contributed by atoms with Crippen LogP contribution in [0.3, 0.4) is 0 Å². The molecule has 1 atom stereocenters. The standard InChI is InChI=1S/C12H24N2O3/c1-13-11-5-3-6-14(12(11)15)7-4-8-17-10-9-16-2/h11,13H,3-10H2,1-2H3. The number of amides is 1. The van der Waals surface area contributed by atoms with Crippen LogP contribution < -0.4 is 5.32 Å². The van der Waals surface area contributed by atoms with Crippen molar-refractivity contribution >= 4 is 5.91 Å². The predicted molar refractivity (Wildman–Crippen MR) is 66.0 cm³/mol. The van der Waals surface area contributed by atoms with Crippen LogP contribution >= 0.6 is 0 Å². The third-order valence-electron chi connectivity index (χ3n) is 3.03. The Morgan fingerprint density at radius 2 is 2.24 bits per heavy atom. The highest BCUT2D eigenvalue weighted by Gasteiger charge is 2.26. The van der Waals surface area contributed by atoms with Gasteiger partial charge >= 0.3 is 0 Å². The second kappa shape index (κ2) is 8.44. The van der Waals surface area contributed by atoms with E-state index in [1.807, 2.05) is 11.9 Å². The number of carbonyl (C=O) groups is 1. The smallest absolute Gasteiger partial charge is 0.239 e. The van der Waals surface area contributed by atoms with Gasteiger partial charge in [-0.3, -0.25) is 4.79 Å². The Hall–Kier alpha value is -0.650. The largest absolute Gasteiger partial charge is 0.382 e. The van der Waals surface area contributed by atoms with Crippen LogP contribution in [-0.2, 0) is 14.3 Å². The van der Waals surface area contributed by atoms with Crippen molar-refractivity contribution in [1.82, 2.24) is 10.2 Å². The lowest BCUT2D eigenvalue weighted by Gasteiger charge is -2.32. The van der Waals surface area contributed by atoms with Crippen LogP contribution in [0.2, 0.25) is 0 Å². The van der Waals surface area contributed by atoms with Crippen molar-refractivity contribution in [2.45, 2.75) is 25.3 Å². The molecular weight excluding hydrogens is 220 g/mol. The molecule has 1 amide bonds. The first-order chi connectivity index (χ1) is 8.29. The van der Waals surface area contributed by atoms with E-state index in [1.54, 1.807) is 7.11 Å². The molecule has 1 aliphatic rings. The summed E-state index contributed by atoms with van der Waals surface area (Å²) in [5.74, 6) is 0.232. The lowest BCUT2D eigenvalue weighted by molar-refractivity contribution is -0.136. The molecule has 17 heavy (non-hydrogen) atoms. The predicted octanol–water partition coefficient (Wildman–Crippen LogP) is 0.250. The van der Waals surface area contributed by atoms with E-state index in [2.05, 4.69) is 5.32 Å². The number of likely N-dealkylation sites (tertiary alicyclic amines) is 1. The minimum atomic E-state index is 0.0122. The average molecular weight is 244 g/mol. The minimum absolute atomic E-state index is 0.0122. The van der Waals surface area contributed by atoms with E-state index in [9.17, 15) is 4.79 Å². The fraction of sp³-hybridized carbons (Fsp3) is 0.917. The molecule has 0 radical (unpaired) electrons. The molecule has 5 heteroatoms. The molecule has 0 aliphatic carbocycles. The van der Waals surface area contributed by atoms with E-state index in [4.69, 9.17) is 9.47 Å². The molecule has 1 fully saturated rings. The van der Waals surface area contributed by atoms with Gasteiger partial charge in [-0.05, 0) is 26.3 Å². The molecule has 1 heterocycles. The van der Waals surface area contributed by atoms with Gasteiger partial charge in [0.05, 0.1) is 19.3 Å². The van der Waals surface area contributed by atoms with Crippen molar-refractivity contribution in [3.63, 3.8) is 0 Å². The second-order valence-electron chi connectivity index (χ2n) is 4.27. The lowest BCUT2D eigenvalue weighted by atomic mass is 10.0. The van der Waals surface area contributed by atoms with Gasteiger partial charge in [-0.15, -0.1) is 0 Å². The van der Waals surface area contributed by atoms with Gasteiger partial charge in [0, 0.05) is 26.8 Å². The number of rotatable bonds is 8. The van der Waals surface area contributed by atoms with Crippen LogP contribution in [-0.4, -0.2) is 63.9 Å². The summed E-state index contributed by atoms with van der Waals surface area (Å²) in [6.07, 6.45) is 2.93. The Labute approximate surface area is 103 Å². The molecule has 0 saturated carbocycles. The zero-order valence-electron chi connectivity index (χ0n) is 10.9. The highest BCUT2D eigenvalue weighted by Crippen LogP contribution is 2.11. The van der Waals surface area contributed by atoms with Crippen LogP contribution in [0.1, 0.15) is 19.3 Å². The van der Waals surface area contributed by atoms with Crippen molar-refractivity contribution < 1.29 is 14.3 Å². The van der Waals surface area contributed by atoms with Crippen LogP contribution in [0.4, 0.5) is 0 Å². The molecule has 1 N–H and O–H groups in total. The van der Waals surface area contributed by atoms with Crippen LogP contribution in [0.15, 0.2) is 0 Å². The maximum absolute atomic E-state index is 11.9. The highest BCUT2D eigenvalue weighted by atomic mass is 16.5. The maximum Gasteiger partial charge on any atom is 0.239 e. The molecule has 0 spiro atoms. The zero-order valence-corrected chi connectivity index (χ0v) is 10.9. The number of nitrogens with one attached hydrogen (secondary N) is 1. The highest BCUT2D eigenvalue weighted by molar-refractivity contribution is 5.82. The van der Waals surface area contributed by atoms with Gasteiger partial charge in [0.25, 0.3) is 0 Å². The number of ether oxygens (including phenoxy) is 2. The van der Waals surface area contributed by atoms with E-state index in [0.29, 0.717) is 19.8 Å². The minimum Gasteiger partial charge on any atom is -0.382 e. The van der Waals surface area contributed by atoms with E-state index in [0.717, 1.165) is 32.4 Å². The van der Waals surface area contributed by atoms with Gasteiger partial charge in [0.2, 0.25) is 5.91 Å². The quantitative estimate of drug-likeness (QED) is 0.622. The molecule has 0 bridgehead atoms. The first kappa shape index (κ1) is 14.4. The lowest BCUT2D eigenvalue weighted by Crippen LogP contribution is -2.49. The number of piperidine rings is 1. The Morgan fingerprint density at radius 1 is 1.41 bits per heavy atom. The maximum atomic E-state index is 11.9. The van der Waals surface area contributed by atoms with Gasteiger partial charge in [0.1, 0.15) is 0 Å².